The lowest BCUT2D eigenvalue weighted by molar-refractivity contribution is 0.0169. The molecule has 34 nitrogen and oxygen atoms in total. The number of nitriles is 1. The molecule has 0 bridgehead atoms. The molecule has 6 saturated heterocycles. The molecule has 0 saturated carbocycles. The summed E-state index contributed by atoms with van der Waals surface area (Å²) in [5.41, 5.74) is 21.7. The van der Waals surface area contributed by atoms with Crippen LogP contribution in [0, 0.1) is 25.3 Å². The van der Waals surface area contributed by atoms with Crippen LogP contribution in [0.2, 0.25) is 0 Å². The summed E-state index contributed by atoms with van der Waals surface area (Å²) in [5, 5.41) is 21.3. The maximum Gasteiger partial charge on any atom is 0.410 e. The summed E-state index contributed by atoms with van der Waals surface area (Å²) < 4.78 is 97.6. The fraction of sp³-hybridized carbons (Fsp3) is 0.565. The van der Waals surface area contributed by atoms with Gasteiger partial charge in [0, 0.05) is 93.9 Å². The molecule has 6 aromatic rings. The minimum atomic E-state index is -3.83. The molecule has 668 valence electrons. The van der Waals surface area contributed by atoms with E-state index in [-0.39, 0.29) is 77.4 Å². The average Bonchev–Trinajstić information content (AvgIpc) is 1.82. The Bertz CT molecular complexity index is 4430. The van der Waals surface area contributed by atoms with Gasteiger partial charge in [0.25, 0.3) is 20.2 Å². The van der Waals surface area contributed by atoms with Gasteiger partial charge in [0.1, 0.15) is 82.7 Å². The maximum atomic E-state index is 12.2. The van der Waals surface area contributed by atoms with Gasteiger partial charge < -0.3 is 96.0 Å². The van der Waals surface area contributed by atoms with E-state index in [0.717, 1.165) is 81.3 Å². The lowest BCUT2D eigenvalue weighted by Gasteiger charge is -2.28. The quantitative estimate of drug-likeness (QED) is 0.0239. The molecule has 12 rings (SSSR count). The van der Waals surface area contributed by atoms with Gasteiger partial charge in [-0.3, -0.25) is 13.2 Å². The third-order valence-electron chi connectivity index (χ3n) is 18.7. The molecule has 6 fully saturated rings. The zero-order valence-corrected chi connectivity index (χ0v) is 74.1. The number of carbonyl (C=O) groups excluding carboxylic acids is 4. The summed E-state index contributed by atoms with van der Waals surface area (Å²) in [6.07, 6.45) is 18.3. The van der Waals surface area contributed by atoms with E-state index >= 15 is 0 Å². The molecule has 11 N–H and O–H groups in total. The van der Waals surface area contributed by atoms with Gasteiger partial charge in [0.15, 0.2) is 11.6 Å². The molecular weight excluding hydrogens is 1600 g/mol. The van der Waals surface area contributed by atoms with Crippen molar-refractivity contribution in [3.05, 3.63) is 143 Å². The second-order valence-electron chi connectivity index (χ2n) is 33.7. The van der Waals surface area contributed by atoms with Crippen molar-refractivity contribution in [2.75, 3.05) is 102 Å². The van der Waals surface area contributed by atoms with Gasteiger partial charge in [-0.2, -0.15) is 22.1 Å². The number of nitrogens with two attached hydrogens (primary N) is 4. The van der Waals surface area contributed by atoms with E-state index in [2.05, 4.69) is 31.4 Å². The van der Waals surface area contributed by atoms with Gasteiger partial charge in [0.2, 0.25) is 0 Å². The Balaban J connectivity index is 0.000000223. The van der Waals surface area contributed by atoms with E-state index in [0.29, 0.717) is 99.7 Å². The third kappa shape index (κ3) is 36.8. The second kappa shape index (κ2) is 47.1. The monoisotopic (exact) mass is 1730 g/mol. The highest BCUT2D eigenvalue weighted by molar-refractivity contribution is 7.87. The highest BCUT2D eigenvalue weighted by Gasteiger charge is 2.38. The molecule has 6 aliphatic heterocycles. The number of nitrogen functional groups attached to an aromatic ring is 4. The zero-order valence-electron chi connectivity index (χ0n) is 72.4. The van der Waals surface area contributed by atoms with Crippen molar-refractivity contribution in [2.24, 2.45) is 0 Å². The van der Waals surface area contributed by atoms with Crippen LogP contribution in [-0.2, 0) is 47.5 Å². The Kier molecular flexibility index (Phi) is 38.7. The Morgan fingerprint density at radius 2 is 0.802 bits per heavy atom. The maximum absolute atomic E-state index is 12.2. The van der Waals surface area contributed by atoms with Crippen molar-refractivity contribution >= 4 is 67.9 Å². The Hall–Kier alpha value is -10.5. The molecule has 0 aliphatic carbocycles. The van der Waals surface area contributed by atoms with Crippen LogP contribution >= 0.6 is 0 Å². The SMILES string of the molecule is CC(C)(C)OC(=O)N1CCC[C@H]1CO.CC(C)(C)OC(=O)N1CCC[C@H]1COc1ccnc(N)c1.Cc1ccc(S(=O)(=O)OC[C@@H]2CCCN2C(=O)OC(C)(C)C)cc1.Cc1ccc(S(=O)(=O)OC[C@@H]2CCCN2C(=O)OC(C)(C)C)cc1.N#CN1CCC[C@H]1COc1ccnc(N)c1.Nc1cc(=O)cc[nH]1.Nc1cc(OC[C@@H]2CCCN2)ccn1. The topological polar surface area (TPSA) is 467 Å². The largest absolute Gasteiger partial charge is 0.492 e. The first kappa shape index (κ1) is 99.4. The number of nitrogens with zero attached hydrogens (tertiary/aromatic N) is 9. The van der Waals surface area contributed by atoms with Crippen LogP contribution in [0.4, 0.5) is 42.4 Å². The molecule has 36 heteroatoms. The van der Waals surface area contributed by atoms with Crippen LogP contribution in [0.15, 0.2) is 136 Å². The van der Waals surface area contributed by atoms with E-state index in [1.807, 2.05) is 61.5 Å². The smallest absolute Gasteiger partial charge is 0.410 e. The number of aliphatic hydroxyl groups is 1. The fourth-order valence-corrected chi connectivity index (χ4v) is 14.7. The molecule has 4 aromatic heterocycles. The van der Waals surface area contributed by atoms with Gasteiger partial charge in [-0.25, -0.2) is 34.1 Å². The van der Waals surface area contributed by atoms with Crippen molar-refractivity contribution in [2.45, 2.75) is 242 Å². The first-order valence-corrected chi connectivity index (χ1v) is 43.6. The van der Waals surface area contributed by atoms with Gasteiger partial charge >= 0.3 is 24.4 Å². The van der Waals surface area contributed by atoms with Crippen LogP contribution < -0.4 is 47.9 Å². The van der Waals surface area contributed by atoms with Crippen molar-refractivity contribution in [1.29, 1.82) is 5.26 Å². The second-order valence-corrected chi connectivity index (χ2v) is 36.9. The molecule has 4 amide bonds. The number of hydrogen-bond donors (Lipinski definition) is 7. The third-order valence-corrected chi connectivity index (χ3v) is 21.3. The summed E-state index contributed by atoms with van der Waals surface area (Å²) in [7, 11) is -7.66. The lowest BCUT2D eigenvalue weighted by Crippen LogP contribution is -2.42. The van der Waals surface area contributed by atoms with Crippen molar-refractivity contribution in [3.8, 4) is 23.4 Å². The number of aryl methyl sites for hydroxylation is 2. The Morgan fingerprint density at radius 3 is 1.12 bits per heavy atom. The predicted octanol–water partition coefficient (Wildman–Crippen LogP) is 11.8. The number of ether oxygens (including phenoxy) is 7. The van der Waals surface area contributed by atoms with Crippen LogP contribution in [0.5, 0.6) is 17.2 Å². The normalized spacial score (nSPS) is 18.8. The van der Waals surface area contributed by atoms with E-state index in [4.69, 9.17) is 74.8 Å². The summed E-state index contributed by atoms with van der Waals surface area (Å²) in [4.78, 5) is 81.4. The molecular formula is C85H127N15O19S2. The minimum Gasteiger partial charge on any atom is -0.492 e. The minimum absolute atomic E-state index is 0.0270. The fourth-order valence-electron chi connectivity index (χ4n) is 12.8. The van der Waals surface area contributed by atoms with E-state index in [1.165, 1.54) is 55.4 Å². The van der Waals surface area contributed by atoms with Gasteiger partial charge in [0.05, 0.1) is 59.8 Å². The first-order chi connectivity index (χ1) is 56.9. The zero-order chi connectivity index (χ0) is 89.3. The van der Waals surface area contributed by atoms with Crippen LogP contribution in [0.3, 0.4) is 0 Å². The number of amides is 4. The number of anilines is 4. The van der Waals surface area contributed by atoms with Crippen LogP contribution in [-0.4, -0.2) is 228 Å². The number of rotatable bonds is 18. The molecule has 2 aromatic carbocycles. The van der Waals surface area contributed by atoms with Gasteiger partial charge in [-0.1, -0.05) is 35.4 Å². The van der Waals surface area contributed by atoms with Crippen LogP contribution in [0.25, 0.3) is 0 Å². The number of H-pyrrole nitrogens is 1. The number of likely N-dealkylation sites (tertiary alicyclic amines) is 5. The summed E-state index contributed by atoms with van der Waals surface area (Å²) in [6, 6.07) is 26.2. The standard InChI is InChI=1S/2C17H25NO5S.C15H23N3O3.C11H14N4O.C10H15N3O.C10H19NO3.C5H6N2O/c2*1-13-7-9-15(10-8-13)24(20,21)22-12-14-6-5-11-18(14)16(19)23-17(2,3)4;1-15(2,3)21-14(19)18-8-4-5-11(18)10-20-12-6-7-17-13(16)9-12;12-8-15-5-1-2-9(15)7-16-10-3-4-14-11(13)6-10;11-10-6-9(3-5-13-10)14-7-8-2-1-4-12-8;1-10(2,3)14-9(13)11-6-4-5-8(11)7-12;6-5-3-4(8)1-2-7-5/h2*7-10,14H,5-6,11-12H2,1-4H3;6-7,9,11H,4-5,8,10H2,1-3H3,(H2,16,17);3-4,6,9H,1-2,5,7H2,(H2,13,14);3,5-6,8,12H,1-2,4,7H2,(H2,11,13);8,12H,4-7H2,1-3H3;1-3H,(H3,6,7,8)/t2*14-;11-;9-;2*8-;/m000000./s1. The highest BCUT2D eigenvalue weighted by Crippen LogP contribution is 2.29. The number of aliphatic hydroxyl groups excluding tert-OH is 1. The average molecular weight is 1730 g/mol. The molecule has 0 spiro atoms. The number of nitrogens with one attached hydrogen (secondary N) is 2. The summed E-state index contributed by atoms with van der Waals surface area (Å²) in [6.45, 7) is 31.7. The number of carbonyl (C=O) groups is 4. The molecule has 0 radical (unpaired) electrons. The highest BCUT2D eigenvalue weighted by atomic mass is 32.2. The van der Waals surface area contributed by atoms with Gasteiger partial charge in [-0.15, -0.1) is 0 Å². The number of aromatic amines is 1. The van der Waals surface area contributed by atoms with E-state index in [1.54, 1.807) is 139 Å². The van der Waals surface area contributed by atoms with Crippen molar-refractivity contribution < 1.29 is 82.6 Å². The number of pyridine rings is 4. The van der Waals surface area contributed by atoms with Crippen LogP contribution in [0.1, 0.15) is 171 Å². The van der Waals surface area contributed by atoms with E-state index in [9.17, 15) is 40.8 Å². The lowest BCUT2D eigenvalue weighted by atomic mass is 10.2. The summed E-state index contributed by atoms with van der Waals surface area (Å²) in [5.74, 6) is 3.94. The molecule has 6 atom stereocenters. The molecule has 10 heterocycles. The van der Waals surface area contributed by atoms with Crippen molar-refractivity contribution in [3.63, 3.8) is 0 Å². The molecule has 121 heavy (non-hydrogen) atoms. The molecule has 6 aliphatic rings. The number of benzene rings is 2. The Labute approximate surface area is 712 Å². The predicted molar refractivity (Wildman–Crippen MR) is 460 cm³/mol. The Morgan fingerprint density at radius 1 is 0.463 bits per heavy atom. The van der Waals surface area contributed by atoms with Crippen molar-refractivity contribution in [1.82, 2.24) is 49.8 Å². The molecule has 0 unspecified atom stereocenters. The first-order valence-electron chi connectivity index (χ1n) is 40.8. The van der Waals surface area contributed by atoms with E-state index < -0.39 is 54.8 Å². The summed E-state index contributed by atoms with van der Waals surface area (Å²) >= 11 is 0. The number of hydrogen-bond acceptors (Lipinski definition) is 29. The number of aromatic nitrogens is 4. The van der Waals surface area contributed by atoms with Gasteiger partial charge in [-0.05, 0) is 223 Å².